The molecule has 1 aliphatic carbocycles. The van der Waals surface area contributed by atoms with Gasteiger partial charge in [-0.15, -0.1) is 0 Å². The normalized spacial score (nSPS) is 34.2. The van der Waals surface area contributed by atoms with Gasteiger partial charge in [0.1, 0.15) is 0 Å². The second kappa shape index (κ2) is 5.53. The van der Waals surface area contributed by atoms with Crippen LogP contribution in [0.4, 0.5) is 0 Å². The molecule has 2 rings (SSSR count). The summed E-state index contributed by atoms with van der Waals surface area (Å²) in [6, 6.07) is 0. The Morgan fingerprint density at radius 1 is 1.24 bits per heavy atom. The number of ether oxygens (including phenoxy) is 1. The highest BCUT2D eigenvalue weighted by Gasteiger charge is 2.34. The van der Waals surface area contributed by atoms with E-state index in [2.05, 4.69) is 38.2 Å². The molecule has 0 aromatic heterocycles. The number of hydrogen-bond acceptors (Lipinski definition) is 2. The topological polar surface area (TPSA) is 21.3 Å². The fourth-order valence-corrected chi connectivity index (χ4v) is 2.95. The Labute approximate surface area is 106 Å². The van der Waals surface area contributed by atoms with Crippen molar-refractivity contribution in [1.82, 2.24) is 5.32 Å². The summed E-state index contributed by atoms with van der Waals surface area (Å²) in [7, 11) is 0. The van der Waals surface area contributed by atoms with Gasteiger partial charge in [0.05, 0.1) is 6.10 Å². The van der Waals surface area contributed by atoms with Crippen LogP contribution in [0, 0.1) is 11.8 Å². The summed E-state index contributed by atoms with van der Waals surface area (Å²) in [6.07, 6.45) is 10.1. The van der Waals surface area contributed by atoms with Crippen LogP contribution < -0.4 is 5.32 Å². The van der Waals surface area contributed by atoms with E-state index in [0.29, 0.717) is 12.0 Å². The molecule has 1 heterocycles. The van der Waals surface area contributed by atoms with Crippen LogP contribution in [0.2, 0.25) is 0 Å². The van der Waals surface area contributed by atoms with Gasteiger partial charge in [-0.1, -0.05) is 12.2 Å². The van der Waals surface area contributed by atoms with E-state index < -0.39 is 0 Å². The Morgan fingerprint density at radius 3 is 2.71 bits per heavy atom. The van der Waals surface area contributed by atoms with E-state index in [1.165, 1.54) is 25.7 Å². The molecule has 1 N–H and O–H groups in total. The maximum absolute atomic E-state index is 6.00. The minimum atomic E-state index is 0.222. The average molecular weight is 237 g/mol. The van der Waals surface area contributed by atoms with Crippen LogP contribution in [-0.4, -0.2) is 24.8 Å². The smallest absolute Gasteiger partial charge is 0.0647 e. The zero-order valence-electron chi connectivity index (χ0n) is 11.5. The third-order valence-corrected chi connectivity index (χ3v) is 3.93. The van der Waals surface area contributed by atoms with Crippen molar-refractivity contribution >= 4 is 0 Å². The first-order valence-electron chi connectivity index (χ1n) is 7.08. The summed E-state index contributed by atoms with van der Waals surface area (Å²) < 4.78 is 6.00. The van der Waals surface area contributed by atoms with Crippen molar-refractivity contribution in [3.63, 3.8) is 0 Å². The summed E-state index contributed by atoms with van der Waals surface area (Å²) >= 11 is 0. The minimum absolute atomic E-state index is 0.222. The number of nitrogens with one attached hydrogen (secondary N) is 1. The van der Waals surface area contributed by atoms with Crippen LogP contribution in [0.1, 0.15) is 46.5 Å². The summed E-state index contributed by atoms with van der Waals surface area (Å²) in [5.74, 6) is 1.47. The molecule has 98 valence electrons. The summed E-state index contributed by atoms with van der Waals surface area (Å²) in [6.45, 7) is 8.78. The van der Waals surface area contributed by atoms with E-state index in [9.17, 15) is 0 Å². The molecule has 17 heavy (non-hydrogen) atoms. The zero-order valence-corrected chi connectivity index (χ0v) is 11.5. The van der Waals surface area contributed by atoms with Crippen LogP contribution in [0.3, 0.4) is 0 Å². The first kappa shape index (κ1) is 13.1. The highest BCUT2D eigenvalue weighted by atomic mass is 16.5. The fraction of sp³-hybridized carbons (Fsp3) is 0.867. The SMILES string of the molecule is CC(C)(C)NCC1CCOC1C1CC=CCC1. The maximum Gasteiger partial charge on any atom is 0.0647 e. The Bertz CT molecular complexity index is 267. The van der Waals surface area contributed by atoms with Gasteiger partial charge in [-0.25, -0.2) is 0 Å². The fourth-order valence-electron chi connectivity index (χ4n) is 2.95. The van der Waals surface area contributed by atoms with Gasteiger partial charge >= 0.3 is 0 Å². The van der Waals surface area contributed by atoms with Crippen LogP contribution in [-0.2, 0) is 4.74 Å². The highest BCUT2D eigenvalue weighted by molar-refractivity contribution is 4.95. The van der Waals surface area contributed by atoms with E-state index >= 15 is 0 Å². The average Bonchev–Trinajstić information content (AvgIpc) is 2.75. The molecule has 3 atom stereocenters. The van der Waals surface area contributed by atoms with Crippen molar-refractivity contribution in [2.24, 2.45) is 11.8 Å². The molecule has 0 bridgehead atoms. The molecule has 2 nitrogen and oxygen atoms in total. The summed E-state index contributed by atoms with van der Waals surface area (Å²) in [5.41, 5.74) is 0.222. The molecule has 0 spiro atoms. The minimum Gasteiger partial charge on any atom is -0.378 e. The van der Waals surface area contributed by atoms with E-state index in [-0.39, 0.29) is 5.54 Å². The lowest BCUT2D eigenvalue weighted by Crippen LogP contribution is -2.42. The lowest BCUT2D eigenvalue weighted by molar-refractivity contribution is 0.0367. The molecule has 0 radical (unpaired) electrons. The van der Waals surface area contributed by atoms with Crippen molar-refractivity contribution in [3.8, 4) is 0 Å². The van der Waals surface area contributed by atoms with Crippen LogP contribution >= 0.6 is 0 Å². The summed E-state index contributed by atoms with van der Waals surface area (Å²) in [5, 5.41) is 3.63. The predicted molar refractivity (Wildman–Crippen MR) is 72.1 cm³/mol. The second-order valence-electron chi connectivity index (χ2n) is 6.56. The molecule has 1 fully saturated rings. The van der Waals surface area contributed by atoms with Gasteiger partial charge in [-0.2, -0.15) is 0 Å². The summed E-state index contributed by atoms with van der Waals surface area (Å²) in [4.78, 5) is 0. The van der Waals surface area contributed by atoms with Gasteiger partial charge in [0, 0.05) is 24.6 Å². The van der Waals surface area contributed by atoms with Crippen LogP contribution in [0.15, 0.2) is 12.2 Å². The van der Waals surface area contributed by atoms with Crippen molar-refractivity contribution < 1.29 is 4.74 Å². The maximum atomic E-state index is 6.00. The molecule has 0 aromatic carbocycles. The highest BCUT2D eigenvalue weighted by Crippen LogP contribution is 2.33. The zero-order chi connectivity index (χ0) is 12.3. The van der Waals surface area contributed by atoms with E-state index in [1.54, 1.807) is 0 Å². The van der Waals surface area contributed by atoms with Gasteiger partial charge in [0.2, 0.25) is 0 Å². The number of allylic oxidation sites excluding steroid dienone is 2. The van der Waals surface area contributed by atoms with Gasteiger partial charge in [-0.05, 0) is 52.4 Å². The Morgan fingerprint density at radius 2 is 2.06 bits per heavy atom. The number of rotatable bonds is 3. The first-order chi connectivity index (χ1) is 8.06. The standard InChI is InChI=1S/C15H27NO/c1-15(2,3)16-11-13-9-10-17-14(13)12-7-5-4-6-8-12/h4-5,12-14,16H,6-11H2,1-3H3. The van der Waals surface area contributed by atoms with Gasteiger partial charge in [-0.3, -0.25) is 0 Å². The predicted octanol–water partition coefficient (Wildman–Crippen LogP) is 3.14. The largest absolute Gasteiger partial charge is 0.378 e. The van der Waals surface area contributed by atoms with Crippen molar-refractivity contribution in [3.05, 3.63) is 12.2 Å². The molecular weight excluding hydrogens is 210 g/mol. The molecule has 1 aliphatic heterocycles. The molecule has 0 saturated carbocycles. The monoisotopic (exact) mass is 237 g/mol. The Hall–Kier alpha value is -0.340. The molecule has 1 saturated heterocycles. The Balaban J connectivity index is 1.86. The third-order valence-electron chi connectivity index (χ3n) is 3.93. The lowest BCUT2D eigenvalue weighted by Gasteiger charge is -2.31. The molecule has 2 heteroatoms. The molecule has 3 unspecified atom stereocenters. The van der Waals surface area contributed by atoms with Crippen molar-refractivity contribution in [2.45, 2.75) is 58.1 Å². The third kappa shape index (κ3) is 3.82. The molecule has 2 aliphatic rings. The first-order valence-corrected chi connectivity index (χ1v) is 7.08. The van der Waals surface area contributed by atoms with Crippen LogP contribution in [0.5, 0.6) is 0 Å². The van der Waals surface area contributed by atoms with Crippen molar-refractivity contribution in [1.29, 1.82) is 0 Å². The van der Waals surface area contributed by atoms with Crippen molar-refractivity contribution in [2.75, 3.05) is 13.2 Å². The second-order valence-corrected chi connectivity index (χ2v) is 6.56. The lowest BCUT2D eigenvalue weighted by atomic mass is 9.83. The molecular formula is C15H27NO. The van der Waals surface area contributed by atoms with E-state index in [1.807, 2.05) is 0 Å². The van der Waals surface area contributed by atoms with Crippen LogP contribution in [0.25, 0.3) is 0 Å². The van der Waals surface area contributed by atoms with Gasteiger partial charge < -0.3 is 10.1 Å². The van der Waals surface area contributed by atoms with Gasteiger partial charge in [0.25, 0.3) is 0 Å². The quantitative estimate of drug-likeness (QED) is 0.761. The molecule has 0 aromatic rings. The van der Waals surface area contributed by atoms with E-state index in [0.717, 1.165) is 19.1 Å². The van der Waals surface area contributed by atoms with E-state index in [4.69, 9.17) is 4.74 Å². The number of hydrogen-bond donors (Lipinski definition) is 1. The van der Waals surface area contributed by atoms with Gasteiger partial charge in [0.15, 0.2) is 0 Å². The Kier molecular flexibility index (Phi) is 4.26. The molecule has 0 amide bonds.